The Morgan fingerprint density at radius 1 is 0.314 bits per heavy atom. The second kappa shape index (κ2) is 19.3. The number of anilines is 4. The van der Waals surface area contributed by atoms with E-state index in [9.17, 15) is 0 Å². The van der Waals surface area contributed by atoms with E-state index in [1.54, 1.807) is 0 Å². The highest BCUT2D eigenvalue weighted by molar-refractivity contribution is 6.62. The van der Waals surface area contributed by atoms with Crippen LogP contribution in [0.3, 0.4) is 0 Å². The molecule has 0 saturated carbocycles. The molecule has 0 unspecified atom stereocenters. The van der Waals surface area contributed by atoms with Gasteiger partial charge in [-0.2, -0.15) is 0 Å². The van der Waals surface area contributed by atoms with Crippen molar-refractivity contribution in [3.63, 3.8) is 0 Å². The molecule has 6 aromatic carbocycles. The van der Waals surface area contributed by atoms with E-state index in [1.165, 1.54) is 0 Å². The standard InChI is InChI=1S/C60H72B2N4O4/c1-57(2)58(3,4)68-61(67-57)47-29-17-45(18-30-47)55(53(41-21-33-49(34-22-41)63(9)10)42-23-35-50(36-24-42)64(11)12)56(46-19-31-48(32-20-46)62-69-59(5,6)60(7,8)70-62)54(43-25-37-51(38-26-43)65(13)14)44-27-39-52(40-28-44)66(15)16/h17-40H,1-16H3/q+2/b56-55-. The van der Waals surface area contributed by atoms with Gasteiger partial charge in [-0.25, -0.2) is 0 Å². The summed E-state index contributed by atoms with van der Waals surface area (Å²) in [6, 6.07) is 53.5. The normalized spacial score (nSPS) is 17.0. The molecule has 0 bridgehead atoms. The molecule has 0 aliphatic carbocycles. The highest BCUT2D eigenvalue weighted by Crippen LogP contribution is 2.49. The minimum Gasteiger partial charge on any atom is -0.399 e. The Morgan fingerprint density at radius 2 is 0.514 bits per heavy atom. The van der Waals surface area contributed by atoms with Crippen LogP contribution in [0.1, 0.15) is 88.8 Å². The van der Waals surface area contributed by atoms with E-state index in [0.29, 0.717) is 0 Å². The number of nitrogens with zero attached hydrogens (tertiary/aromatic N) is 4. The van der Waals surface area contributed by atoms with Gasteiger partial charge >= 0.3 is 14.2 Å². The van der Waals surface area contributed by atoms with Crippen LogP contribution in [-0.2, 0) is 18.6 Å². The maximum atomic E-state index is 6.62. The second-order valence-corrected chi connectivity index (χ2v) is 21.7. The van der Waals surface area contributed by atoms with Crippen LogP contribution in [0, 0.1) is 11.8 Å². The van der Waals surface area contributed by atoms with Gasteiger partial charge < -0.3 is 38.2 Å². The van der Waals surface area contributed by atoms with Crippen molar-refractivity contribution >= 4 is 59.1 Å². The Kier molecular flexibility index (Phi) is 13.9. The van der Waals surface area contributed by atoms with Crippen LogP contribution in [0.5, 0.6) is 0 Å². The topological polar surface area (TPSA) is 49.9 Å². The molecule has 2 aliphatic heterocycles. The quantitative estimate of drug-likeness (QED) is 0.0608. The van der Waals surface area contributed by atoms with Gasteiger partial charge in [0.1, 0.15) is 11.1 Å². The third kappa shape index (κ3) is 9.97. The van der Waals surface area contributed by atoms with Crippen LogP contribution in [0.15, 0.2) is 146 Å². The average Bonchev–Trinajstić information content (AvgIpc) is 3.69. The molecule has 360 valence electrons. The molecule has 2 saturated heterocycles. The van der Waals surface area contributed by atoms with Crippen LogP contribution in [-0.4, -0.2) is 93.0 Å². The minimum absolute atomic E-state index is 0.479. The lowest BCUT2D eigenvalue weighted by Gasteiger charge is -2.32. The lowest BCUT2D eigenvalue weighted by atomic mass is 9.70. The Morgan fingerprint density at radius 3 is 0.700 bits per heavy atom. The second-order valence-electron chi connectivity index (χ2n) is 21.7. The minimum atomic E-state index is -0.512. The van der Waals surface area contributed by atoms with Crippen molar-refractivity contribution in [3.8, 4) is 0 Å². The first-order valence-corrected chi connectivity index (χ1v) is 24.5. The van der Waals surface area contributed by atoms with Crippen molar-refractivity contribution in [2.45, 2.75) is 77.8 Å². The van der Waals surface area contributed by atoms with Crippen molar-refractivity contribution < 1.29 is 18.6 Å². The predicted molar refractivity (Wildman–Crippen MR) is 297 cm³/mol. The van der Waals surface area contributed by atoms with Crippen molar-refractivity contribution in [2.75, 3.05) is 76.0 Å². The van der Waals surface area contributed by atoms with Gasteiger partial charge in [-0.05, 0) is 188 Å². The van der Waals surface area contributed by atoms with Gasteiger partial charge in [0.15, 0.2) is 0 Å². The van der Waals surface area contributed by atoms with E-state index >= 15 is 0 Å². The summed E-state index contributed by atoms with van der Waals surface area (Å²) in [5.41, 5.74) is 13.1. The first kappa shape index (κ1) is 50.4. The Balaban J connectivity index is 1.48. The Hall–Kier alpha value is -6.03. The van der Waals surface area contributed by atoms with Crippen LogP contribution in [0.2, 0.25) is 0 Å². The number of hydrogen-bond donors (Lipinski definition) is 0. The molecule has 6 aromatic rings. The van der Waals surface area contributed by atoms with E-state index in [0.717, 1.165) is 90.0 Å². The summed E-state index contributed by atoms with van der Waals surface area (Å²) in [6.45, 7) is 16.8. The summed E-state index contributed by atoms with van der Waals surface area (Å²) in [4.78, 5) is 8.59. The fourth-order valence-electron chi connectivity index (χ4n) is 9.02. The van der Waals surface area contributed by atoms with E-state index in [-0.39, 0.29) is 0 Å². The molecule has 0 amide bonds. The molecule has 2 aliphatic rings. The third-order valence-electron chi connectivity index (χ3n) is 14.9. The average molecular weight is 935 g/mol. The lowest BCUT2D eigenvalue weighted by Crippen LogP contribution is -2.41. The summed E-state index contributed by atoms with van der Waals surface area (Å²) in [5.74, 6) is 2.19. The lowest BCUT2D eigenvalue weighted by molar-refractivity contribution is 0.00578. The zero-order valence-electron chi connectivity index (χ0n) is 44.4. The molecule has 70 heavy (non-hydrogen) atoms. The highest BCUT2D eigenvalue weighted by Gasteiger charge is 2.53. The van der Waals surface area contributed by atoms with Gasteiger partial charge in [0.05, 0.1) is 67.6 Å². The molecule has 0 atom stereocenters. The van der Waals surface area contributed by atoms with E-state index in [4.69, 9.17) is 18.6 Å². The van der Waals surface area contributed by atoms with Gasteiger partial charge in [-0.3, -0.25) is 0 Å². The largest absolute Gasteiger partial charge is 0.494 e. The van der Waals surface area contributed by atoms with Crippen molar-refractivity contribution in [2.24, 2.45) is 0 Å². The molecular weight excluding hydrogens is 862 g/mol. The first-order valence-electron chi connectivity index (χ1n) is 24.5. The monoisotopic (exact) mass is 935 g/mol. The molecule has 10 heteroatoms. The Bertz CT molecular complexity index is 2440. The zero-order chi connectivity index (χ0) is 50.5. The summed E-state index contributed by atoms with van der Waals surface area (Å²) >= 11 is 0. The number of benzene rings is 6. The summed E-state index contributed by atoms with van der Waals surface area (Å²) in [5, 5.41) is 0. The highest BCUT2D eigenvalue weighted by atomic mass is 16.7. The van der Waals surface area contributed by atoms with E-state index in [1.807, 2.05) is 0 Å². The smallest absolute Gasteiger partial charge is 0.399 e. The van der Waals surface area contributed by atoms with E-state index in [2.05, 4.69) is 277 Å². The molecule has 0 radical (unpaired) electrons. The Labute approximate surface area is 420 Å². The molecule has 0 aromatic heterocycles. The molecule has 8 nitrogen and oxygen atoms in total. The summed E-state index contributed by atoms with van der Waals surface area (Å²) < 4.78 is 26.5. The number of rotatable bonds is 14. The molecule has 2 fully saturated rings. The van der Waals surface area contributed by atoms with Crippen LogP contribution < -0.4 is 30.5 Å². The first-order chi connectivity index (χ1) is 33.0. The van der Waals surface area contributed by atoms with Crippen LogP contribution >= 0.6 is 0 Å². The van der Waals surface area contributed by atoms with Gasteiger partial charge in [0, 0.05) is 79.1 Å². The third-order valence-corrected chi connectivity index (χ3v) is 14.9. The SMILES string of the molecule is CN(C)c1ccc([C+](/C(=C(/c2ccc(B3OC(C)(C)C(C)(C)O3)cc2)[C+](c2ccc(N(C)C)cc2)c2ccc(N(C)C)cc2)c2ccc(B3OC(C)(C)C(C)(C)O3)cc2)c2ccc(N(C)C)cc2)cc1. The molecule has 2 heterocycles. The van der Waals surface area contributed by atoms with Crippen molar-refractivity contribution in [1.82, 2.24) is 0 Å². The molecule has 0 N–H and O–H groups in total. The van der Waals surface area contributed by atoms with Gasteiger partial charge in [0.25, 0.3) is 0 Å². The number of allylic oxidation sites excluding steroid dienone is 2. The van der Waals surface area contributed by atoms with Crippen molar-refractivity contribution in [1.29, 1.82) is 0 Å². The van der Waals surface area contributed by atoms with Gasteiger partial charge in [-0.15, -0.1) is 0 Å². The fraction of sp³-hybridized carbons (Fsp3) is 0.333. The molecule has 0 spiro atoms. The van der Waals surface area contributed by atoms with Gasteiger partial charge in [-0.1, -0.05) is 24.3 Å². The maximum Gasteiger partial charge on any atom is 0.494 e. The van der Waals surface area contributed by atoms with Gasteiger partial charge in [0.2, 0.25) is 0 Å². The number of hydrogen-bond acceptors (Lipinski definition) is 8. The predicted octanol–water partition coefficient (Wildman–Crippen LogP) is 10.8. The zero-order valence-corrected chi connectivity index (χ0v) is 44.4. The van der Waals surface area contributed by atoms with Crippen LogP contribution in [0.4, 0.5) is 22.7 Å². The van der Waals surface area contributed by atoms with Crippen molar-refractivity contribution in [3.05, 3.63) is 191 Å². The maximum absolute atomic E-state index is 6.62. The molecule has 8 rings (SSSR count). The van der Waals surface area contributed by atoms with E-state index < -0.39 is 36.6 Å². The summed E-state index contributed by atoms with van der Waals surface area (Å²) in [6.07, 6.45) is 0. The fourth-order valence-corrected chi connectivity index (χ4v) is 9.02. The summed E-state index contributed by atoms with van der Waals surface area (Å²) in [7, 11) is 15.7. The van der Waals surface area contributed by atoms with Crippen LogP contribution in [0.25, 0.3) is 11.1 Å². The molecular formula is C60H72B2N4O4+2.